The third-order valence-corrected chi connectivity index (χ3v) is 4.79. The van der Waals surface area contributed by atoms with Crippen molar-refractivity contribution in [2.24, 2.45) is 5.92 Å². The van der Waals surface area contributed by atoms with E-state index in [0.29, 0.717) is 29.6 Å². The Morgan fingerprint density at radius 2 is 1.96 bits per heavy atom. The van der Waals surface area contributed by atoms with Gasteiger partial charge >= 0.3 is 0 Å². The third kappa shape index (κ3) is 5.24. The standard InChI is InChI=1S/C17H29N7O3/c1-23(11-13-5-7-24(12-13)8-10-26-3)17-16(18-6-4-9-25-2)19-14-15(20-17)22-27-21-14/h13H,4-12H2,1-3H3,(H,18,19,21)/t13-/m1/s1. The molecule has 0 spiro atoms. The summed E-state index contributed by atoms with van der Waals surface area (Å²) in [6, 6.07) is 0. The number of likely N-dealkylation sites (tertiary alicyclic amines) is 1. The van der Waals surface area contributed by atoms with Crippen molar-refractivity contribution >= 4 is 22.9 Å². The Bertz CT molecular complexity index is 711. The van der Waals surface area contributed by atoms with Gasteiger partial charge in [-0.25, -0.2) is 14.6 Å². The molecule has 0 bridgehead atoms. The highest BCUT2D eigenvalue weighted by Crippen LogP contribution is 2.25. The fraction of sp³-hybridized carbons (Fsp3) is 0.765. The molecule has 1 aliphatic rings. The lowest BCUT2D eigenvalue weighted by molar-refractivity contribution is 0.159. The molecule has 0 unspecified atom stereocenters. The van der Waals surface area contributed by atoms with Crippen molar-refractivity contribution in [2.75, 3.05) is 77.4 Å². The fourth-order valence-corrected chi connectivity index (χ4v) is 3.40. The molecule has 0 amide bonds. The maximum absolute atomic E-state index is 5.18. The molecule has 3 rings (SSSR count). The molecule has 0 aliphatic carbocycles. The SMILES string of the molecule is COCCCNc1nc2nonc2nc1N(C)C[C@H]1CCN(CCOC)C1. The lowest BCUT2D eigenvalue weighted by Crippen LogP contribution is -2.30. The van der Waals surface area contributed by atoms with Crippen molar-refractivity contribution in [1.29, 1.82) is 0 Å². The quantitative estimate of drug-likeness (QED) is 0.566. The monoisotopic (exact) mass is 379 g/mol. The van der Waals surface area contributed by atoms with Crippen molar-refractivity contribution in [3.8, 4) is 0 Å². The van der Waals surface area contributed by atoms with Crippen LogP contribution in [0.15, 0.2) is 4.63 Å². The number of ether oxygens (including phenoxy) is 2. The van der Waals surface area contributed by atoms with Crippen LogP contribution in [0.3, 0.4) is 0 Å². The van der Waals surface area contributed by atoms with Gasteiger partial charge in [-0.15, -0.1) is 0 Å². The number of hydrogen-bond donors (Lipinski definition) is 1. The van der Waals surface area contributed by atoms with E-state index in [1.165, 1.54) is 6.42 Å². The van der Waals surface area contributed by atoms with Crippen LogP contribution < -0.4 is 10.2 Å². The number of fused-ring (bicyclic) bond motifs is 1. The first-order valence-corrected chi connectivity index (χ1v) is 9.36. The molecule has 2 aromatic rings. The van der Waals surface area contributed by atoms with Crippen molar-refractivity contribution in [3.05, 3.63) is 0 Å². The van der Waals surface area contributed by atoms with E-state index >= 15 is 0 Å². The van der Waals surface area contributed by atoms with Gasteiger partial charge in [0, 0.05) is 54.1 Å². The van der Waals surface area contributed by atoms with E-state index in [2.05, 4.69) is 35.4 Å². The van der Waals surface area contributed by atoms with Crippen molar-refractivity contribution in [1.82, 2.24) is 25.2 Å². The van der Waals surface area contributed by atoms with Crippen molar-refractivity contribution < 1.29 is 14.1 Å². The van der Waals surface area contributed by atoms with E-state index in [9.17, 15) is 0 Å². The Balaban J connectivity index is 1.66. The minimum Gasteiger partial charge on any atom is -0.385 e. The highest BCUT2D eigenvalue weighted by atomic mass is 16.6. The summed E-state index contributed by atoms with van der Waals surface area (Å²) in [6.07, 6.45) is 2.05. The van der Waals surface area contributed by atoms with Gasteiger partial charge in [-0.3, -0.25) is 0 Å². The van der Waals surface area contributed by atoms with Gasteiger partial charge in [-0.05, 0) is 35.6 Å². The number of methoxy groups -OCH3 is 2. The number of aromatic nitrogens is 4. The lowest BCUT2D eigenvalue weighted by Gasteiger charge is -2.24. The predicted octanol–water partition coefficient (Wildman–Crippen LogP) is 0.866. The molecule has 1 N–H and O–H groups in total. The number of nitrogens with one attached hydrogen (secondary N) is 1. The molecule has 0 radical (unpaired) electrons. The molecule has 1 fully saturated rings. The first-order chi connectivity index (χ1) is 13.2. The second kappa shape index (κ2) is 9.77. The van der Waals surface area contributed by atoms with Crippen molar-refractivity contribution in [3.63, 3.8) is 0 Å². The van der Waals surface area contributed by atoms with E-state index in [-0.39, 0.29) is 0 Å². The molecule has 10 nitrogen and oxygen atoms in total. The van der Waals surface area contributed by atoms with Gasteiger partial charge in [0.05, 0.1) is 6.61 Å². The average molecular weight is 379 g/mol. The smallest absolute Gasteiger partial charge is 0.245 e. The van der Waals surface area contributed by atoms with E-state index in [1.807, 2.05) is 7.05 Å². The van der Waals surface area contributed by atoms with Gasteiger partial charge in [-0.1, -0.05) is 0 Å². The molecular weight excluding hydrogens is 350 g/mol. The highest BCUT2D eigenvalue weighted by Gasteiger charge is 2.25. The summed E-state index contributed by atoms with van der Waals surface area (Å²) in [5.74, 6) is 2.05. The molecule has 150 valence electrons. The molecule has 1 saturated heterocycles. The Kier molecular flexibility index (Phi) is 7.13. The summed E-state index contributed by atoms with van der Waals surface area (Å²) in [5.41, 5.74) is 0.834. The van der Waals surface area contributed by atoms with Crippen LogP contribution in [0.25, 0.3) is 11.3 Å². The second-order valence-corrected chi connectivity index (χ2v) is 6.91. The maximum atomic E-state index is 5.18. The average Bonchev–Trinajstić information content (AvgIpc) is 3.31. The van der Waals surface area contributed by atoms with Crippen LogP contribution in [0, 0.1) is 5.92 Å². The third-order valence-electron chi connectivity index (χ3n) is 4.79. The summed E-state index contributed by atoms with van der Waals surface area (Å²) >= 11 is 0. The Labute approximate surface area is 159 Å². The van der Waals surface area contributed by atoms with Gasteiger partial charge < -0.3 is 24.6 Å². The van der Waals surface area contributed by atoms with Gasteiger partial charge in [0.2, 0.25) is 11.3 Å². The van der Waals surface area contributed by atoms with Crippen LogP contribution in [0.1, 0.15) is 12.8 Å². The summed E-state index contributed by atoms with van der Waals surface area (Å²) < 4.78 is 15.1. The van der Waals surface area contributed by atoms with Crippen molar-refractivity contribution in [2.45, 2.75) is 12.8 Å². The molecule has 0 saturated carbocycles. The molecule has 1 aliphatic heterocycles. The number of hydrogen-bond acceptors (Lipinski definition) is 10. The first kappa shape index (κ1) is 19.7. The van der Waals surface area contributed by atoms with Crippen LogP contribution >= 0.6 is 0 Å². The van der Waals surface area contributed by atoms with E-state index in [0.717, 1.165) is 51.6 Å². The summed E-state index contributed by atoms with van der Waals surface area (Å²) in [4.78, 5) is 13.7. The Morgan fingerprint density at radius 3 is 2.74 bits per heavy atom. The molecule has 27 heavy (non-hydrogen) atoms. The Morgan fingerprint density at radius 1 is 1.19 bits per heavy atom. The molecule has 0 aromatic carbocycles. The van der Waals surface area contributed by atoms with Gasteiger partial charge in [0.25, 0.3) is 0 Å². The van der Waals surface area contributed by atoms with Gasteiger partial charge in [0.1, 0.15) is 0 Å². The zero-order valence-corrected chi connectivity index (χ0v) is 16.3. The van der Waals surface area contributed by atoms with Crippen LogP contribution in [0.5, 0.6) is 0 Å². The molecule has 1 atom stereocenters. The molecule has 10 heteroatoms. The molecular formula is C17H29N7O3. The van der Waals surface area contributed by atoms with E-state index in [4.69, 9.17) is 14.1 Å². The summed E-state index contributed by atoms with van der Waals surface area (Å²) in [5, 5.41) is 11.0. The predicted molar refractivity (Wildman–Crippen MR) is 102 cm³/mol. The minimum atomic E-state index is 0.410. The number of nitrogens with zero attached hydrogens (tertiary/aromatic N) is 6. The molecule has 3 heterocycles. The van der Waals surface area contributed by atoms with E-state index < -0.39 is 0 Å². The topological polar surface area (TPSA) is 102 Å². The number of rotatable bonds is 11. The second-order valence-electron chi connectivity index (χ2n) is 6.91. The zero-order valence-electron chi connectivity index (χ0n) is 16.3. The maximum Gasteiger partial charge on any atom is 0.245 e. The lowest BCUT2D eigenvalue weighted by atomic mass is 10.1. The normalized spacial score (nSPS) is 17.7. The fourth-order valence-electron chi connectivity index (χ4n) is 3.40. The first-order valence-electron chi connectivity index (χ1n) is 9.36. The van der Waals surface area contributed by atoms with Crippen LogP contribution in [-0.4, -0.2) is 92.4 Å². The highest BCUT2D eigenvalue weighted by molar-refractivity contribution is 5.73. The van der Waals surface area contributed by atoms with Crippen LogP contribution in [-0.2, 0) is 9.47 Å². The van der Waals surface area contributed by atoms with Crippen LogP contribution in [0.4, 0.5) is 11.6 Å². The Hall–Kier alpha value is -2.04. The largest absolute Gasteiger partial charge is 0.385 e. The van der Waals surface area contributed by atoms with Gasteiger partial charge in [-0.2, -0.15) is 0 Å². The van der Waals surface area contributed by atoms with E-state index in [1.54, 1.807) is 14.2 Å². The number of anilines is 2. The summed E-state index contributed by atoms with van der Waals surface area (Å²) in [7, 11) is 5.49. The molecule has 2 aromatic heterocycles. The van der Waals surface area contributed by atoms with Crippen LogP contribution in [0.2, 0.25) is 0 Å². The minimum absolute atomic E-state index is 0.410. The zero-order chi connectivity index (χ0) is 19.1. The summed E-state index contributed by atoms with van der Waals surface area (Å²) in [6.45, 7) is 6.29. The van der Waals surface area contributed by atoms with Gasteiger partial charge in [0.15, 0.2) is 11.6 Å².